The SMILES string of the molecule is CCOc1ccc(-c2nc(C(=O)Nc3cc(C)nn3C(C)(C)C)cs2)cc1. The lowest BCUT2D eigenvalue weighted by atomic mass is 10.1. The molecule has 0 radical (unpaired) electrons. The number of nitrogens with zero attached hydrogens (tertiary/aromatic N) is 3. The number of hydrogen-bond donors (Lipinski definition) is 1. The predicted octanol–water partition coefficient (Wildman–Crippen LogP) is 4.72. The zero-order valence-corrected chi connectivity index (χ0v) is 17.1. The first-order valence-electron chi connectivity index (χ1n) is 8.85. The molecule has 1 amide bonds. The van der Waals surface area contributed by atoms with Gasteiger partial charge in [-0.3, -0.25) is 4.79 Å². The molecule has 0 saturated heterocycles. The minimum Gasteiger partial charge on any atom is -0.494 e. The number of anilines is 1. The van der Waals surface area contributed by atoms with Gasteiger partial charge in [0.1, 0.15) is 22.3 Å². The van der Waals surface area contributed by atoms with Gasteiger partial charge in [0.2, 0.25) is 0 Å². The third-order valence-corrected chi connectivity index (χ3v) is 4.75. The summed E-state index contributed by atoms with van der Waals surface area (Å²) in [6, 6.07) is 9.57. The molecule has 142 valence electrons. The van der Waals surface area contributed by atoms with E-state index in [1.165, 1.54) is 11.3 Å². The zero-order valence-electron chi connectivity index (χ0n) is 16.2. The van der Waals surface area contributed by atoms with Crippen molar-refractivity contribution in [1.29, 1.82) is 0 Å². The molecule has 7 heteroatoms. The Morgan fingerprint density at radius 3 is 2.59 bits per heavy atom. The van der Waals surface area contributed by atoms with Crippen molar-refractivity contribution in [2.75, 3.05) is 11.9 Å². The van der Waals surface area contributed by atoms with E-state index in [9.17, 15) is 4.79 Å². The van der Waals surface area contributed by atoms with Gasteiger partial charge in [0.15, 0.2) is 0 Å². The second-order valence-electron chi connectivity index (χ2n) is 7.20. The van der Waals surface area contributed by atoms with Crippen molar-refractivity contribution in [2.24, 2.45) is 0 Å². The molecule has 0 aliphatic carbocycles. The van der Waals surface area contributed by atoms with Crippen LogP contribution < -0.4 is 10.1 Å². The van der Waals surface area contributed by atoms with E-state index < -0.39 is 0 Å². The molecule has 0 spiro atoms. The van der Waals surface area contributed by atoms with Gasteiger partial charge in [-0.1, -0.05) is 0 Å². The van der Waals surface area contributed by atoms with E-state index in [0.29, 0.717) is 18.1 Å². The van der Waals surface area contributed by atoms with Crippen LogP contribution in [-0.2, 0) is 5.54 Å². The number of nitrogens with one attached hydrogen (secondary N) is 1. The maximum absolute atomic E-state index is 12.7. The standard InChI is InChI=1S/C20H24N4O2S/c1-6-26-15-9-7-14(8-10-15)19-21-16(12-27-19)18(25)22-17-11-13(2)23-24(17)20(3,4)5/h7-12H,6H2,1-5H3,(H,22,25). The highest BCUT2D eigenvalue weighted by atomic mass is 32.1. The smallest absolute Gasteiger partial charge is 0.276 e. The lowest BCUT2D eigenvalue weighted by molar-refractivity contribution is 0.102. The fourth-order valence-electron chi connectivity index (χ4n) is 2.65. The Morgan fingerprint density at radius 1 is 1.26 bits per heavy atom. The zero-order chi connectivity index (χ0) is 19.6. The summed E-state index contributed by atoms with van der Waals surface area (Å²) in [7, 11) is 0. The molecular weight excluding hydrogens is 360 g/mol. The average molecular weight is 385 g/mol. The van der Waals surface area contributed by atoms with Crippen molar-refractivity contribution in [3.63, 3.8) is 0 Å². The number of rotatable bonds is 5. The van der Waals surface area contributed by atoms with Crippen molar-refractivity contribution < 1.29 is 9.53 Å². The highest BCUT2D eigenvalue weighted by molar-refractivity contribution is 7.13. The molecule has 0 unspecified atom stereocenters. The highest BCUT2D eigenvalue weighted by Gasteiger charge is 2.21. The summed E-state index contributed by atoms with van der Waals surface area (Å²) in [4.78, 5) is 17.1. The Hall–Kier alpha value is -2.67. The molecule has 27 heavy (non-hydrogen) atoms. The van der Waals surface area contributed by atoms with E-state index in [1.807, 2.05) is 69.6 Å². The van der Waals surface area contributed by atoms with Crippen LogP contribution in [0.4, 0.5) is 5.82 Å². The predicted molar refractivity (Wildman–Crippen MR) is 109 cm³/mol. The van der Waals surface area contributed by atoms with E-state index >= 15 is 0 Å². The van der Waals surface area contributed by atoms with Crippen LogP contribution in [-0.4, -0.2) is 27.3 Å². The first-order valence-corrected chi connectivity index (χ1v) is 9.73. The van der Waals surface area contributed by atoms with Gasteiger partial charge in [0, 0.05) is 17.0 Å². The highest BCUT2D eigenvalue weighted by Crippen LogP contribution is 2.27. The maximum Gasteiger partial charge on any atom is 0.276 e. The lowest BCUT2D eigenvalue weighted by Crippen LogP contribution is -2.26. The number of ether oxygens (including phenoxy) is 1. The largest absolute Gasteiger partial charge is 0.494 e. The second kappa shape index (κ2) is 7.52. The Balaban J connectivity index is 1.78. The monoisotopic (exact) mass is 384 g/mol. The first kappa shape index (κ1) is 19.1. The molecule has 6 nitrogen and oxygen atoms in total. The van der Waals surface area contributed by atoms with Gasteiger partial charge < -0.3 is 10.1 Å². The lowest BCUT2D eigenvalue weighted by Gasteiger charge is -2.22. The van der Waals surface area contributed by atoms with Gasteiger partial charge in [-0.05, 0) is 58.9 Å². The first-order chi connectivity index (χ1) is 12.8. The van der Waals surface area contributed by atoms with Crippen molar-refractivity contribution in [2.45, 2.75) is 40.2 Å². The summed E-state index contributed by atoms with van der Waals surface area (Å²) >= 11 is 1.44. The summed E-state index contributed by atoms with van der Waals surface area (Å²) in [5, 5.41) is 9.97. The van der Waals surface area contributed by atoms with Gasteiger partial charge in [-0.15, -0.1) is 11.3 Å². The fourth-order valence-corrected chi connectivity index (χ4v) is 3.46. The number of carbonyl (C=O) groups is 1. The molecule has 0 saturated carbocycles. The van der Waals surface area contributed by atoms with E-state index in [-0.39, 0.29) is 11.4 Å². The van der Waals surface area contributed by atoms with E-state index in [4.69, 9.17) is 4.74 Å². The number of hydrogen-bond acceptors (Lipinski definition) is 5. The molecule has 0 fully saturated rings. The van der Waals surface area contributed by atoms with Crippen molar-refractivity contribution >= 4 is 23.1 Å². The molecular formula is C20H24N4O2S. The molecule has 0 aliphatic heterocycles. The number of thiazole rings is 1. The number of aromatic nitrogens is 3. The van der Waals surface area contributed by atoms with Gasteiger partial charge in [-0.2, -0.15) is 5.10 Å². The van der Waals surface area contributed by atoms with E-state index in [2.05, 4.69) is 15.4 Å². The molecule has 0 atom stereocenters. The van der Waals surface area contributed by atoms with E-state index in [0.717, 1.165) is 22.0 Å². The van der Waals surface area contributed by atoms with Crippen LogP contribution in [0, 0.1) is 6.92 Å². The Morgan fingerprint density at radius 2 is 1.96 bits per heavy atom. The maximum atomic E-state index is 12.7. The van der Waals surface area contributed by atoms with Gasteiger partial charge in [-0.25, -0.2) is 9.67 Å². The third-order valence-electron chi connectivity index (χ3n) is 3.86. The summed E-state index contributed by atoms with van der Waals surface area (Å²) in [6.45, 7) is 10.6. The Kier molecular flexibility index (Phi) is 5.32. The van der Waals surface area contributed by atoms with Crippen molar-refractivity contribution in [3.05, 3.63) is 47.1 Å². The van der Waals surface area contributed by atoms with Gasteiger partial charge >= 0.3 is 0 Å². The van der Waals surface area contributed by atoms with Crippen LogP contribution in [0.25, 0.3) is 10.6 Å². The molecule has 1 N–H and O–H groups in total. The van der Waals surface area contributed by atoms with Crippen LogP contribution in [0.2, 0.25) is 0 Å². The quantitative estimate of drug-likeness (QED) is 0.691. The number of amides is 1. The average Bonchev–Trinajstić information content (AvgIpc) is 3.22. The summed E-state index contributed by atoms with van der Waals surface area (Å²) < 4.78 is 7.28. The van der Waals surface area contributed by atoms with Gasteiger partial charge in [0.25, 0.3) is 5.91 Å². The fraction of sp³-hybridized carbons (Fsp3) is 0.350. The molecule has 2 aromatic heterocycles. The molecule has 2 heterocycles. The molecule has 3 rings (SSSR count). The van der Waals surface area contributed by atoms with Crippen LogP contribution in [0.3, 0.4) is 0 Å². The number of carbonyl (C=O) groups excluding carboxylic acids is 1. The molecule has 0 aliphatic rings. The van der Waals surface area contributed by atoms with Crippen LogP contribution in [0.1, 0.15) is 43.9 Å². The molecule has 0 bridgehead atoms. The Bertz CT molecular complexity index is 936. The van der Waals surface area contributed by atoms with E-state index in [1.54, 1.807) is 5.38 Å². The van der Waals surface area contributed by atoms with Crippen LogP contribution in [0.15, 0.2) is 35.7 Å². The Labute approximate surface area is 163 Å². The third kappa shape index (κ3) is 4.36. The molecule has 1 aromatic carbocycles. The minimum atomic E-state index is -0.242. The van der Waals surface area contributed by atoms with Crippen molar-refractivity contribution in [1.82, 2.24) is 14.8 Å². The summed E-state index contributed by atoms with van der Waals surface area (Å²) in [5.41, 5.74) is 1.97. The topological polar surface area (TPSA) is 69.0 Å². The number of aryl methyl sites for hydroxylation is 1. The molecule has 3 aromatic rings. The summed E-state index contributed by atoms with van der Waals surface area (Å²) in [6.07, 6.45) is 0. The minimum absolute atomic E-state index is 0.230. The van der Waals surface area contributed by atoms with Crippen LogP contribution in [0.5, 0.6) is 5.75 Å². The normalized spacial score (nSPS) is 11.4. The summed E-state index contributed by atoms with van der Waals surface area (Å²) in [5.74, 6) is 1.25. The van der Waals surface area contributed by atoms with Gasteiger partial charge in [0.05, 0.1) is 17.8 Å². The van der Waals surface area contributed by atoms with Crippen molar-refractivity contribution in [3.8, 4) is 16.3 Å². The number of benzene rings is 1. The second-order valence-corrected chi connectivity index (χ2v) is 8.06. The van der Waals surface area contributed by atoms with Crippen LogP contribution >= 0.6 is 11.3 Å².